The van der Waals surface area contributed by atoms with Crippen LogP contribution in [0.1, 0.15) is 24.0 Å². The first-order chi connectivity index (χ1) is 15.5. The third-order valence-corrected chi connectivity index (χ3v) is 6.31. The maximum atomic E-state index is 14.9. The smallest absolute Gasteiger partial charge is 0.295 e. The van der Waals surface area contributed by atoms with Gasteiger partial charge in [0.2, 0.25) is 5.91 Å². The summed E-state index contributed by atoms with van der Waals surface area (Å²) in [5, 5.41) is 15.7. The second-order valence-corrected chi connectivity index (χ2v) is 9.14. The molecule has 2 aromatic carbocycles. The van der Waals surface area contributed by atoms with Crippen molar-refractivity contribution in [2.75, 3.05) is 20.7 Å². The number of nitrogens with zero attached hydrogens (tertiary/aromatic N) is 3. The zero-order valence-electron chi connectivity index (χ0n) is 18.7. The molecule has 4 rings (SSSR count). The fourth-order valence-corrected chi connectivity index (χ4v) is 4.53. The van der Waals surface area contributed by atoms with Gasteiger partial charge < -0.3 is 14.7 Å². The summed E-state index contributed by atoms with van der Waals surface area (Å²) >= 11 is 0. The van der Waals surface area contributed by atoms with Crippen LogP contribution in [0.15, 0.2) is 48.8 Å². The third kappa shape index (κ3) is 4.02. The van der Waals surface area contributed by atoms with Crippen LogP contribution >= 0.6 is 9.24 Å². The van der Waals surface area contributed by atoms with E-state index in [-0.39, 0.29) is 23.6 Å². The molecule has 2 atom stereocenters. The van der Waals surface area contributed by atoms with E-state index in [4.69, 9.17) is 4.74 Å². The van der Waals surface area contributed by atoms with Gasteiger partial charge in [-0.3, -0.25) is 9.48 Å². The molecular weight excluding hydrogens is 447 g/mol. The summed E-state index contributed by atoms with van der Waals surface area (Å²) in [6.07, 6.45) is 4.22. The van der Waals surface area contributed by atoms with Crippen molar-refractivity contribution in [3.05, 3.63) is 59.9 Å². The molecule has 0 radical (unpaired) electrons. The summed E-state index contributed by atoms with van der Waals surface area (Å²) in [5.41, 5.74) is -3.44. The summed E-state index contributed by atoms with van der Waals surface area (Å²) in [5.74, 6) is 0.321. The fourth-order valence-electron chi connectivity index (χ4n) is 4.22. The number of alkyl halides is 2. The molecule has 174 valence electrons. The van der Waals surface area contributed by atoms with Crippen molar-refractivity contribution in [1.29, 1.82) is 0 Å². The van der Waals surface area contributed by atoms with Crippen LogP contribution in [0.5, 0.6) is 5.75 Å². The van der Waals surface area contributed by atoms with E-state index < -0.39 is 11.3 Å². The van der Waals surface area contributed by atoms with Gasteiger partial charge in [-0.05, 0) is 35.2 Å². The number of halogens is 2. The second-order valence-electron chi connectivity index (χ2n) is 8.42. The van der Waals surface area contributed by atoms with Gasteiger partial charge in [0.25, 0.3) is 5.66 Å². The van der Waals surface area contributed by atoms with E-state index in [1.54, 1.807) is 62.5 Å². The van der Waals surface area contributed by atoms with Gasteiger partial charge >= 0.3 is 0 Å². The number of carbonyl (C=O) groups is 1. The van der Waals surface area contributed by atoms with E-state index in [1.807, 2.05) is 0 Å². The molecule has 0 fully saturated rings. The van der Waals surface area contributed by atoms with Crippen molar-refractivity contribution in [3.8, 4) is 28.0 Å². The van der Waals surface area contributed by atoms with Crippen LogP contribution in [-0.4, -0.2) is 52.1 Å². The van der Waals surface area contributed by atoms with Crippen LogP contribution in [-0.2, 0) is 17.4 Å². The zero-order chi connectivity index (χ0) is 24.0. The second kappa shape index (κ2) is 8.50. The highest BCUT2D eigenvalue weighted by molar-refractivity contribution is 7.18. The largest absolute Gasteiger partial charge is 0.494 e. The van der Waals surface area contributed by atoms with Gasteiger partial charge in [-0.25, -0.2) is 0 Å². The number of fused-ring (bicyclic) bond motifs is 3. The lowest BCUT2D eigenvalue weighted by Gasteiger charge is -2.32. The fraction of sp³-hybridized carbons (Fsp3) is 0.333. The Morgan fingerprint density at radius 2 is 1.97 bits per heavy atom. The minimum Gasteiger partial charge on any atom is -0.494 e. The maximum absolute atomic E-state index is 14.9. The molecule has 0 aliphatic heterocycles. The number of aliphatic hydroxyl groups is 1. The molecule has 1 aliphatic rings. The molecule has 0 saturated heterocycles. The van der Waals surface area contributed by atoms with Gasteiger partial charge in [-0.15, -0.1) is 0 Å². The molecule has 0 bridgehead atoms. The predicted molar refractivity (Wildman–Crippen MR) is 125 cm³/mol. The first kappa shape index (κ1) is 23.3. The molecule has 1 aromatic heterocycles. The molecule has 2 unspecified atom stereocenters. The zero-order valence-corrected chi connectivity index (χ0v) is 19.8. The Morgan fingerprint density at radius 1 is 1.24 bits per heavy atom. The summed E-state index contributed by atoms with van der Waals surface area (Å²) in [6.45, 7) is 0.230. The van der Waals surface area contributed by atoms with Gasteiger partial charge in [0.1, 0.15) is 5.75 Å². The quantitative estimate of drug-likeness (QED) is 0.416. The lowest BCUT2D eigenvalue weighted by Crippen LogP contribution is -2.40. The number of benzene rings is 2. The van der Waals surface area contributed by atoms with Crippen molar-refractivity contribution in [3.63, 3.8) is 0 Å². The van der Waals surface area contributed by atoms with E-state index in [0.29, 0.717) is 40.8 Å². The number of hydrogen-bond donors (Lipinski definition) is 1. The van der Waals surface area contributed by atoms with Crippen LogP contribution in [0.4, 0.5) is 8.78 Å². The first-order valence-electron chi connectivity index (χ1n) is 10.5. The first-order valence-corrected chi connectivity index (χ1v) is 11.1. The summed E-state index contributed by atoms with van der Waals surface area (Å²) in [6, 6.07) is 9.89. The minimum absolute atomic E-state index is 0.0175. The van der Waals surface area contributed by atoms with Crippen molar-refractivity contribution < 1.29 is 23.4 Å². The third-order valence-electron chi connectivity index (χ3n) is 5.89. The van der Waals surface area contributed by atoms with Crippen molar-refractivity contribution in [1.82, 2.24) is 14.7 Å². The normalized spacial score (nSPS) is 16.9. The van der Waals surface area contributed by atoms with Crippen molar-refractivity contribution in [2.24, 2.45) is 7.05 Å². The molecule has 1 heterocycles. The summed E-state index contributed by atoms with van der Waals surface area (Å²) < 4.78 is 37.3. The Morgan fingerprint density at radius 3 is 2.61 bits per heavy atom. The molecule has 0 saturated carbocycles. The number of hydrogen-bond acceptors (Lipinski definition) is 4. The van der Waals surface area contributed by atoms with Gasteiger partial charge in [-0.1, -0.05) is 33.5 Å². The predicted octanol–water partition coefficient (Wildman–Crippen LogP) is 4.02. The van der Waals surface area contributed by atoms with Crippen LogP contribution < -0.4 is 4.74 Å². The maximum Gasteiger partial charge on any atom is 0.295 e. The van der Waals surface area contributed by atoms with Crippen LogP contribution in [0, 0.1) is 0 Å². The molecular formula is C24H26F2N3O3P. The van der Waals surface area contributed by atoms with E-state index >= 15 is 0 Å². The van der Waals surface area contributed by atoms with Crippen LogP contribution in [0.2, 0.25) is 0 Å². The number of amides is 1. The minimum atomic E-state index is -3.53. The molecule has 1 aliphatic carbocycles. The summed E-state index contributed by atoms with van der Waals surface area (Å²) in [7, 11) is 6.62. The molecule has 9 heteroatoms. The van der Waals surface area contributed by atoms with Gasteiger partial charge in [0, 0.05) is 50.5 Å². The number of aryl methyl sites for hydroxylation is 1. The Labute approximate surface area is 193 Å². The number of carbonyl (C=O) groups excluding carboxylic acids is 1. The molecule has 6 nitrogen and oxygen atoms in total. The van der Waals surface area contributed by atoms with Gasteiger partial charge in [-0.2, -0.15) is 13.9 Å². The molecule has 1 amide bonds. The highest BCUT2D eigenvalue weighted by Gasteiger charge is 2.57. The van der Waals surface area contributed by atoms with E-state index in [2.05, 4.69) is 5.10 Å². The molecule has 0 spiro atoms. The molecule has 3 aromatic rings. The van der Waals surface area contributed by atoms with Gasteiger partial charge in [0.15, 0.2) is 5.60 Å². The van der Waals surface area contributed by atoms with Gasteiger partial charge in [0.05, 0.1) is 12.8 Å². The number of aromatic nitrogens is 2. The van der Waals surface area contributed by atoms with E-state index in [0.717, 1.165) is 0 Å². The van der Waals surface area contributed by atoms with Crippen molar-refractivity contribution >= 4 is 15.1 Å². The van der Waals surface area contributed by atoms with E-state index in [9.17, 15) is 18.7 Å². The number of rotatable bonds is 7. The molecule has 1 N–H and O–H groups in total. The summed E-state index contributed by atoms with van der Waals surface area (Å²) in [4.78, 5) is 13.3. The van der Waals surface area contributed by atoms with Crippen LogP contribution in [0.25, 0.3) is 22.3 Å². The monoisotopic (exact) mass is 473 g/mol. The Balaban J connectivity index is 1.81. The Hall–Kier alpha value is -2.83. The Kier molecular flexibility index (Phi) is 6.01. The average molecular weight is 473 g/mol. The Bertz CT molecular complexity index is 1210. The average Bonchev–Trinajstić information content (AvgIpc) is 3.31. The standard InChI is InChI=1S/C24H26F2N3O3P/c1-28(2)21(30)9-6-10-32-16-11-18(15-13-27-29(3)14-15)22-17-7-4-5-8-19(17)23(31,20(22)12-16)24(25,26)33/h4-5,7-8,11-14,31H,6,9-10,33H2,1-3H3. The SMILES string of the molecule is CN(C)C(=O)CCCOc1cc(-c2cnn(C)c2)c2c(c1)C(O)(C(F)(F)P)c1ccccc1-2. The highest BCUT2D eigenvalue weighted by atomic mass is 31.0. The van der Waals surface area contributed by atoms with Crippen molar-refractivity contribution in [2.45, 2.75) is 24.1 Å². The number of ether oxygens (including phenoxy) is 1. The van der Waals surface area contributed by atoms with Crippen LogP contribution in [0.3, 0.4) is 0 Å². The topological polar surface area (TPSA) is 67.6 Å². The van der Waals surface area contributed by atoms with E-state index in [1.165, 1.54) is 26.3 Å². The molecule has 33 heavy (non-hydrogen) atoms. The lowest BCUT2D eigenvalue weighted by atomic mass is 9.90. The lowest BCUT2D eigenvalue weighted by molar-refractivity contribution is -0.128. The highest BCUT2D eigenvalue weighted by Crippen LogP contribution is 2.59.